The quantitative estimate of drug-likeness (QED) is 0.612. The molecule has 0 amide bonds. The Balaban J connectivity index is 1.72. The molecule has 1 aliphatic heterocycles. The Morgan fingerprint density at radius 2 is 1.83 bits per heavy atom. The van der Waals surface area contributed by atoms with Crippen LogP contribution in [0, 0.1) is 3.57 Å². The highest BCUT2D eigenvalue weighted by Crippen LogP contribution is 2.09. The van der Waals surface area contributed by atoms with Crippen LogP contribution in [0.25, 0.3) is 0 Å². The Kier molecular flexibility index (Phi) is 5.44. The number of hydrogen-bond acceptors (Lipinski definition) is 3. The normalized spacial score (nSPS) is 16.5. The first-order chi connectivity index (χ1) is 8.75. The average molecular weight is 359 g/mol. The standard InChI is InChI=1S/C14H18INO2/c15-13-6-4-12(5-7-13)14(17)18-11-10-16-8-2-1-3-9-16/h4-7H,1-3,8-11H2. The summed E-state index contributed by atoms with van der Waals surface area (Å²) in [6.45, 7) is 3.63. The van der Waals surface area contributed by atoms with Gasteiger partial charge in [0.1, 0.15) is 6.61 Å². The van der Waals surface area contributed by atoms with E-state index in [1.165, 1.54) is 19.3 Å². The van der Waals surface area contributed by atoms with E-state index >= 15 is 0 Å². The zero-order valence-electron chi connectivity index (χ0n) is 10.4. The minimum Gasteiger partial charge on any atom is -0.461 e. The molecule has 98 valence electrons. The molecule has 0 aliphatic carbocycles. The van der Waals surface area contributed by atoms with Crippen LogP contribution in [0.3, 0.4) is 0 Å². The van der Waals surface area contributed by atoms with E-state index in [9.17, 15) is 4.79 Å². The highest BCUT2D eigenvalue weighted by atomic mass is 127. The monoisotopic (exact) mass is 359 g/mol. The maximum Gasteiger partial charge on any atom is 0.338 e. The van der Waals surface area contributed by atoms with Gasteiger partial charge in [0.25, 0.3) is 0 Å². The van der Waals surface area contributed by atoms with Crippen molar-refractivity contribution in [3.05, 3.63) is 33.4 Å². The van der Waals surface area contributed by atoms with E-state index in [-0.39, 0.29) is 5.97 Å². The fourth-order valence-corrected chi connectivity index (χ4v) is 2.48. The number of carbonyl (C=O) groups is 1. The van der Waals surface area contributed by atoms with Gasteiger partial charge in [0, 0.05) is 10.1 Å². The van der Waals surface area contributed by atoms with Crippen LogP contribution >= 0.6 is 22.6 Å². The third kappa shape index (κ3) is 4.24. The first kappa shape index (κ1) is 13.8. The minimum absolute atomic E-state index is 0.219. The van der Waals surface area contributed by atoms with Crippen molar-refractivity contribution < 1.29 is 9.53 Å². The van der Waals surface area contributed by atoms with Crippen molar-refractivity contribution in [3.63, 3.8) is 0 Å². The van der Waals surface area contributed by atoms with Crippen molar-refractivity contribution in [1.29, 1.82) is 0 Å². The van der Waals surface area contributed by atoms with Gasteiger partial charge in [-0.15, -0.1) is 0 Å². The van der Waals surface area contributed by atoms with E-state index < -0.39 is 0 Å². The minimum atomic E-state index is -0.219. The van der Waals surface area contributed by atoms with Crippen molar-refractivity contribution in [1.82, 2.24) is 4.90 Å². The van der Waals surface area contributed by atoms with Gasteiger partial charge in [-0.05, 0) is 72.8 Å². The zero-order chi connectivity index (χ0) is 12.8. The summed E-state index contributed by atoms with van der Waals surface area (Å²) in [6.07, 6.45) is 3.87. The lowest BCUT2D eigenvalue weighted by atomic mass is 10.1. The van der Waals surface area contributed by atoms with Gasteiger partial charge in [-0.3, -0.25) is 4.90 Å². The summed E-state index contributed by atoms with van der Waals surface area (Å²) in [4.78, 5) is 14.1. The predicted molar refractivity (Wildman–Crippen MR) is 79.7 cm³/mol. The fourth-order valence-electron chi connectivity index (χ4n) is 2.12. The second-order valence-corrected chi connectivity index (χ2v) is 5.79. The molecule has 1 aromatic rings. The number of nitrogens with zero attached hydrogens (tertiary/aromatic N) is 1. The molecular formula is C14H18INO2. The number of piperidine rings is 1. The molecule has 1 aromatic carbocycles. The second-order valence-electron chi connectivity index (χ2n) is 4.55. The summed E-state index contributed by atoms with van der Waals surface area (Å²) in [6, 6.07) is 7.46. The molecule has 0 unspecified atom stereocenters. The summed E-state index contributed by atoms with van der Waals surface area (Å²) >= 11 is 2.22. The number of ether oxygens (including phenoxy) is 1. The molecular weight excluding hydrogens is 341 g/mol. The molecule has 1 saturated heterocycles. The van der Waals surface area contributed by atoms with Gasteiger partial charge >= 0.3 is 5.97 Å². The van der Waals surface area contributed by atoms with Gasteiger partial charge in [0.15, 0.2) is 0 Å². The Hall–Kier alpha value is -0.620. The molecule has 0 atom stereocenters. The van der Waals surface area contributed by atoms with Gasteiger partial charge < -0.3 is 4.74 Å². The molecule has 1 heterocycles. The van der Waals surface area contributed by atoms with E-state index in [2.05, 4.69) is 27.5 Å². The van der Waals surface area contributed by atoms with Crippen LogP contribution in [-0.4, -0.2) is 37.1 Å². The molecule has 1 aliphatic rings. The number of rotatable bonds is 4. The van der Waals surface area contributed by atoms with Crippen LogP contribution in [0.1, 0.15) is 29.6 Å². The largest absolute Gasteiger partial charge is 0.461 e. The summed E-state index contributed by atoms with van der Waals surface area (Å²) in [5.41, 5.74) is 0.633. The summed E-state index contributed by atoms with van der Waals surface area (Å²) < 4.78 is 6.41. The van der Waals surface area contributed by atoms with Crippen LogP contribution < -0.4 is 0 Å². The number of hydrogen-bond donors (Lipinski definition) is 0. The molecule has 0 N–H and O–H groups in total. The third-order valence-electron chi connectivity index (χ3n) is 3.17. The molecule has 18 heavy (non-hydrogen) atoms. The van der Waals surface area contributed by atoms with Gasteiger partial charge in [-0.2, -0.15) is 0 Å². The first-order valence-electron chi connectivity index (χ1n) is 6.41. The molecule has 3 nitrogen and oxygen atoms in total. The average Bonchev–Trinajstić information content (AvgIpc) is 2.40. The van der Waals surface area contributed by atoms with Gasteiger partial charge in [-0.1, -0.05) is 6.42 Å². The fraction of sp³-hybridized carbons (Fsp3) is 0.500. The maximum atomic E-state index is 11.8. The highest BCUT2D eigenvalue weighted by molar-refractivity contribution is 14.1. The maximum absolute atomic E-state index is 11.8. The van der Waals surface area contributed by atoms with Crippen LogP contribution in [0.4, 0.5) is 0 Å². The molecule has 0 spiro atoms. The van der Waals surface area contributed by atoms with E-state index in [0.717, 1.165) is 23.2 Å². The number of carbonyl (C=O) groups excluding carboxylic acids is 1. The van der Waals surface area contributed by atoms with Gasteiger partial charge in [0.05, 0.1) is 5.56 Å². The van der Waals surface area contributed by atoms with Crippen LogP contribution in [0.15, 0.2) is 24.3 Å². The second kappa shape index (κ2) is 7.09. The molecule has 0 aromatic heterocycles. The third-order valence-corrected chi connectivity index (χ3v) is 3.89. The van der Waals surface area contributed by atoms with Crippen LogP contribution in [0.2, 0.25) is 0 Å². The molecule has 2 rings (SSSR count). The summed E-state index contributed by atoms with van der Waals surface area (Å²) in [7, 11) is 0. The smallest absolute Gasteiger partial charge is 0.338 e. The molecule has 0 saturated carbocycles. The van der Waals surface area contributed by atoms with E-state index in [0.29, 0.717) is 12.2 Å². The number of halogens is 1. The SMILES string of the molecule is O=C(OCCN1CCCCC1)c1ccc(I)cc1. The number of likely N-dealkylation sites (tertiary alicyclic amines) is 1. The first-order valence-corrected chi connectivity index (χ1v) is 7.48. The number of benzene rings is 1. The van der Waals surface area contributed by atoms with Crippen molar-refractivity contribution in [3.8, 4) is 0 Å². The Labute approximate surface area is 122 Å². The molecule has 0 radical (unpaired) electrons. The lowest BCUT2D eigenvalue weighted by Gasteiger charge is -2.25. The van der Waals surface area contributed by atoms with Crippen LogP contribution in [0.5, 0.6) is 0 Å². The summed E-state index contributed by atoms with van der Waals surface area (Å²) in [5, 5.41) is 0. The van der Waals surface area contributed by atoms with Crippen LogP contribution in [-0.2, 0) is 4.74 Å². The molecule has 1 fully saturated rings. The van der Waals surface area contributed by atoms with E-state index in [4.69, 9.17) is 4.74 Å². The lowest BCUT2D eigenvalue weighted by Crippen LogP contribution is -2.33. The highest BCUT2D eigenvalue weighted by Gasteiger charge is 2.11. The Bertz CT molecular complexity index is 385. The molecule has 0 bridgehead atoms. The van der Waals surface area contributed by atoms with Crippen molar-refractivity contribution in [2.24, 2.45) is 0 Å². The van der Waals surface area contributed by atoms with Gasteiger partial charge in [-0.25, -0.2) is 4.79 Å². The predicted octanol–water partition coefficient (Wildman–Crippen LogP) is 2.93. The van der Waals surface area contributed by atoms with E-state index in [1.807, 2.05) is 24.3 Å². The van der Waals surface area contributed by atoms with Crippen molar-refractivity contribution in [2.75, 3.05) is 26.2 Å². The lowest BCUT2D eigenvalue weighted by molar-refractivity contribution is 0.0452. The van der Waals surface area contributed by atoms with Crippen molar-refractivity contribution >= 4 is 28.6 Å². The molecule has 4 heteroatoms. The Morgan fingerprint density at radius 1 is 1.17 bits per heavy atom. The van der Waals surface area contributed by atoms with E-state index in [1.54, 1.807) is 0 Å². The van der Waals surface area contributed by atoms with Gasteiger partial charge in [0.2, 0.25) is 0 Å². The number of esters is 1. The zero-order valence-corrected chi connectivity index (χ0v) is 12.6. The summed E-state index contributed by atoms with van der Waals surface area (Å²) in [5.74, 6) is -0.219. The Morgan fingerprint density at radius 3 is 2.50 bits per heavy atom. The topological polar surface area (TPSA) is 29.5 Å². The van der Waals surface area contributed by atoms with Crippen molar-refractivity contribution in [2.45, 2.75) is 19.3 Å².